The molecule has 0 heterocycles. The van der Waals surface area contributed by atoms with Gasteiger partial charge in [0.2, 0.25) is 0 Å². The molecule has 0 unspecified atom stereocenters. The third-order valence-corrected chi connectivity index (χ3v) is 4.17. The number of nitrogens with zero attached hydrogens (tertiary/aromatic N) is 1. The van der Waals surface area contributed by atoms with Crippen molar-refractivity contribution in [2.24, 2.45) is 5.10 Å². The van der Waals surface area contributed by atoms with Gasteiger partial charge in [-0.25, -0.2) is 4.83 Å². The van der Waals surface area contributed by atoms with E-state index in [1.165, 1.54) is 30.5 Å². The predicted molar refractivity (Wildman–Crippen MR) is 87.0 cm³/mol. The van der Waals surface area contributed by atoms with Crippen molar-refractivity contribution in [1.29, 1.82) is 0 Å². The number of ether oxygens (including phenoxy) is 1. The molecule has 0 saturated carbocycles. The van der Waals surface area contributed by atoms with Crippen LogP contribution in [0, 0.1) is 0 Å². The third kappa shape index (κ3) is 4.47. The summed E-state index contributed by atoms with van der Waals surface area (Å²) >= 11 is 5.73. The van der Waals surface area contributed by atoms with Crippen LogP contribution in [0.1, 0.15) is 12.5 Å². The molecule has 5 nitrogen and oxygen atoms in total. The molecule has 0 amide bonds. The summed E-state index contributed by atoms with van der Waals surface area (Å²) in [5.74, 6) is 0.701. The molecule has 0 fully saturated rings. The van der Waals surface area contributed by atoms with Crippen LogP contribution in [-0.4, -0.2) is 21.2 Å². The van der Waals surface area contributed by atoms with E-state index in [2.05, 4.69) is 9.93 Å². The summed E-state index contributed by atoms with van der Waals surface area (Å²) in [5, 5.41) is 4.23. The van der Waals surface area contributed by atoms with E-state index < -0.39 is 10.0 Å². The van der Waals surface area contributed by atoms with E-state index in [1.807, 2.05) is 13.0 Å². The van der Waals surface area contributed by atoms with Crippen molar-refractivity contribution in [3.8, 4) is 5.75 Å². The van der Waals surface area contributed by atoms with Crippen LogP contribution >= 0.6 is 11.6 Å². The highest BCUT2D eigenvalue weighted by molar-refractivity contribution is 7.89. The molecule has 2 aromatic rings. The first-order valence-electron chi connectivity index (χ1n) is 6.54. The van der Waals surface area contributed by atoms with Gasteiger partial charge in [0.05, 0.1) is 17.7 Å². The lowest BCUT2D eigenvalue weighted by molar-refractivity contribution is 0.340. The Balaban J connectivity index is 2.08. The largest absolute Gasteiger partial charge is 0.494 e. The zero-order valence-corrected chi connectivity index (χ0v) is 13.4. The predicted octanol–water partition coefficient (Wildman–Crippen LogP) is 3.05. The summed E-state index contributed by atoms with van der Waals surface area (Å²) in [4.78, 5) is 2.25. The first-order valence-corrected chi connectivity index (χ1v) is 8.40. The lowest BCUT2D eigenvalue weighted by atomic mass is 10.2. The summed E-state index contributed by atoms with van der Waals surface area (Å²) in [6.45, 7) is 2.45. The van der Waals surface area contributed by atoms with Gasteiger partial charge in [-0.2, -0.15) is 13.5 Å². The molecule has 0 aromatic heterocycles. The smallest absolute Gasteiger partial charge is 0.276 e. The number of hydrogen-bond donors (Lipinski definition) is 1. The highest BCUT2D eigenvalue weighted by Crippen LogP contribution is 2.14. The van der Waals surface area contributed by atoms with Crippen molar-refractivity contribution < 1.29 is 13.2 Å². The van der Waals surface area contributed by atoms with E-state index in [1.54, 1.807) is 18.2 Å². The van der Waals surface area contributed by atoms with Crippen LogP contribution in [0.2, 0.25) is 5.02 Å². The highest BCUT2D eigenvalue weighted by atomic mass is 35.5. The minimum Gasteiger partial charge on any atom is -0.494 e. The average molecular weight is 339 g/mol. The van der Waals surface area contributed by atoms with Gasteiger partial charge in [0.1, 0.15) is 5.75 Å². The normalized spacial score (nSPS) is 11.5. The molecule has 0 atom stereocenters. The highest BCUT2D eigenvalue weighted by Gasteiger charge is 2.11. The van der Waals surface area contributed by atoms with Gasteiger partial charge in [-0.1, -0.05) is 23.7 Å². The Kier molecular flexibility index (Phi) is 5.41. The molecule has 0 radical (unpaired) electrons. The Hall–Kier alpha value is -2.05. The quantitative estimate of drug-likeness (QED) is 0.650. The van der Waals surface area contributed by atoms with Gasteiger partial charge < -0.3 is 4.74 Å². The molecule has 0 saturated heterocycles. The van der Waals surface area contributed by atoms with E-state index in [0.29, 0.717) is 17.4 Å². The average Bonchev–Trinajstić information content (AvgIpc) is 2.48. The maximum atomic E-state index is 12.0. The Morgan fingerprint density at radius 1 is 1.23 bits per heavy atom. The second-order valence-corrected chi connectivity index (χ2v) is 6.41. The van der Waals surface area contributed by atoms with Crippen molar-refractivity contribution in [2.45, 2.75) is 11.8 Å². The number of hydrogen-bond acceptors (Lipinski definition) is 4. The van der Waals surface area contributed by atoms with Gasteiger partial charge in [0, 0.05) is 5.02 Å². The van der Waals surface area contributed by atoms with Gasteiger partial charge in [-0.15, -0.1) is 0 Å². The molecular weight excluding hydrogens is 324 g/mol. The lowest BCUT2D eigenvalue weighted by Gasteiger charge is -2.04. The van der Waals surface area contributed by atoms with Crippen molar-refractivity contribution in [1.82, 2.24) is 4.83 Å². The summed E-state index contributed by atoms with van der Waals surface area (Å²) in [6, 6.07) is 13.0. The fourth-order valence-electron chi connectivity index (χ4n) is 1.69. The first kappa shape index (κ1) is 16.3. The molecule has 2 rings (SSSR count). The Morgan fingerprint density at radius 3 is 2.64 bits per heavy atom. The summed E-state index contributed by atoms with van der Waals surface area (Å²) in [6.07, 6.45) is 1.41. The van der Waals surface area contributed by atoms with Crippen LogP contribution in [0.5, 0.6) is 5.75 Å². The molecule has 1 N–H and O–H groups in total. The van der Waals surface area contributed by atoms with E-state index in [9.17, 15) is 8.42 Å². The van der Waals surface area contributed by atoms with E-state index in [-0.39, 0.29) is 4.90 Å². The second-order valence-electron chi connectivity index (χ2n) is 4.31. The third-order valence-electron chi connectivity index (χ3n) is 2.68. The van der Waals surface area contributed by atoms with Crippen LogP contribution in [0.4, 0.5) is 0 Å². The SMILES string of the molecule is CCOc1cccc(/C=N/NS(=O)(=O)c2ccc(Cl)cc2)c1. The van der Waals surface area contributed by atoms with E-state index in [0.717, 1.165) is 5.56 Å². The van der Waals surface area contributed by atoms with Crippen LogP contribution in [0.3, 0.4) is 0 Å². The van der Waals surface area contributed by atoms with Crippen molar-refractivity contribution >= 4 is 27.8 Å². The number of rotatable bonds is 6. The van der Waals surface area contributed by atoms with Gasteiger partial charge >= 0.3 is 0 Å². The summed E-state index contributed by atoms with van der Waals surface area (Å²) in [5.41, 5.74) is 0.727. The zero-order valence-electron chi connectivity index (χ0n) is 11.9. The zero-order chi connectivity index (χ0) is 16.0. The molecule has 116 valence electrons. The van der Waals surface area contributed by atoms with Gasteiger partial charge in [0.15, 0.2) is 0 Å². The summed E-state index contributed by atoms with van der Waals surface area (Å²) in [7, 11) is -3.71. The molecular formula is C15H15ClN2O3S. The number of sulfonamides is 1. The fraction of sp³-hybridized carbons (Fsp3) is 0.133. The summed E-state index contributed by atoms with van der Waals surface area (Å²) < 4.78 is 29.4. The van der Waals surface area contributed by atoms with Crippen molar-refractivity contribution in [3.63, 3.8) is 0 Å². The van der Waals surface area contributed by atoms with E-state index >= 15 is 0 Å². The number of nitrogens with one attached hydrogen (secondary N) is 1. The standard InChI is InChI=1S/C15H15ClN2O3S/c1-2-21-14-5-3-4-12(10-14)11-17-18-22(19,20)15-8-6-13(16)7-9-15/h3-11,18H,2H2,1H3/b17-11+. The lowest BCUT2D eigenvalue weighted by Crippen LogP contribution is -2.18. The van der Waals surface area contributed by atoms with Crippen LogP contribution in [0.25, 0.3) is 0 Å². The first-order chi connectivity index (χ1) is 10.5. The monoisotopic (exact) mass is 338 g/mol. The van der Waals surface area contributed by atoms with E-state index in [4.69, 9.17) is 16.3 Å². The number of hydrazone groups is 1. The molecule has 0 bridgehead atoms. The molecule has 0 aliphatic rings. The topological polar surface area (TPSA) is 67.8 Å². The molecule has 0 aliphatic carbocycles. The maximum absolute atomic E-state index is 12.0. The Morgan fingerprint density at radius 2 is 1.95 bits per heavy atom. The molecule has 0 aliphatic heterocycles. The van der Waals surface area contributed by atoms with Crippen LogP contribution in [0.15, 0.2) is 58.5 Å². The van der Waals surface area contributed by atoms with Gasteiger partial charge in [-0.3, -0.25) is 0 Å². The molecule has 2 aromatic carbocycles. The van der Waals surface area contributed by atoms with Gasteiger partial charge in [0.25, 0.3) is 10.0 Å². The molecule has 22 heavy (non-hydrogen) atoms. The minimum atomic E-state index is -3.71. The molecule has 7 heteroatoms. The Labute approximate surface area is 134 Å². The Bertz CT molecular complexity index is 759. The van der Waals surface area contributed by atoms with Crippen LogP contribution < -0.4 is 9.57 Å². The maximum Gasteiger partial charge on any atom is 0.276 e. The van der Waals surface area contributed by atoms with Gasteiger partial charge in [-0.05, 0) is 48.9 Å². The second kappa shape index (κ2) is 7.29. The molecule has 0 spiro atoms. The van der Waals surface area contributed by atoms with Crippen molar-refractivity contribution in [3.05, 3.63) is 59.1 Å². The van der Waals surface area contributed by atoms with Crippen LogP contribution in [-0.2, 0) is 10.0 Å². The number of benzene rings is 2. The fourth-order valence-corrected chi connectivity index (χ4v) is 2.61. The minimum absolute atomic E-state index is 0.0946. The van der Waals surface area contributed by atoms with Crippen molar-refractivity contribution in [2.75, 3.05) is 6.61 Å². The number of halogens is 1.